The van der Waals surface area contributed by atoms with Crippen LogP contribution in [-0.2, 0) is 4.79 Å². The first-order valence-corrected chi connectivity index (χ1v) is 10.4. The molecule has 3 nitrogen and oxygen atoms in total. The number of aliphatic hydroxyl groups is 1. The summed E-state index contributed by atoms with van der Waals surface area (Å²) in [7, 11) is 0. The Balaban J connectivity index is 1.68. The van der Waals surface area contributed by atoms with Crippen LogP contribution in [0.3, 0.4) is 0 Å². The van der Waals surface area contributed by atoms with Crippen LogP contribution in [0.1, 0.15) is 65.7 Å². The Morgan fingerprint density at radius 3 is 2.52 bits per heavy atom. The van der Waals surface area contributed by atoms with Crippen LogP contribution in [0.15, 0.2) is 0 Å². The highest BCUT2D eigenvalue weighted by Crippen LogP contribution is 2.68. The van der Waals surface area contributed by atoms with Crippen molar-refractivity contribution in [2.75, 3.05) is 6.61 Å². The lowest BCUT2D eigenvalue weighted by Crippen LogP contribution is -2.58. The van der Waals surface area contributed by atoms with Gasteiger partial charge in [-0.05, 0) is 85.4 Å². The van der Waals surface area contributed by atoms with Crippen LogP contribution >= 0.6 is 0 Å². The largest absolute Gasteiger partial charge is 0.396 e. The van der Waals surface area contributed by atoms with E-state index in [-0.39, 0.29) is 22.5 Å². The summed E-state index contributed by atoms with van der Waals surface area (Å²) in [6.07, 6.45) is 7.96. The van der Waals surface area contributed by atoms with Gasteiger partial charge in [0.25, 0.3) is 0 Å². The van der Waals surface area contributed by atoms with Crippen LogP contribution in [0, 0.1) is 63.6 Å². The number of ketones is 1. The van der Waals surface area contributed by atoms with Crippen molar-refractivity contribution < 1.29 is 9.90 Å². The Morgan fingerprint density at radius 1 is 1.12 bits per heavy atom. The SMILES string of the molecule is CC1C(=O)C(C#N)C[C@@]2(C)C1CC[C@H]1[C@@H]3CCC(C)[C@@]3(CO)CC[C@@H]12. The van der Waals surface area contributed by atoms with E-state index in [1.54, 1.807) is 0 Å². The third-order valence-electron chi connectivity index (χ3n) is 9.58. The standard InChI is InChI=1S/C22H33NO2/c1-13-4-6-19-16-5-7-17-14(2)20(25)15(11-23)10-21(17,3)18(16)8-9-22(13,19)12-24/h13-19,24H,4-10,12H2,1-3H3/t13?,14?,15?,16-,17?,18+,19+,21+,22+/m1/s1. The molecular formula is C22H33NO2. The molecule has 9 atom stereocenters. The van der Waals surface area contributed by atoms with Crippen LogP contribution in [-0.4, -0.2) is 17.5 Å². The summed E-state index contributed by atoms with van der Waals surface area (Å²) in [4.78, 5) is 12.6. The number of rotatable bonds is 1. The minimum absolute atomic E-state index is 0.0383. The van der Waals surface area contributed by atoms with Gasteiger partial charge in [-0.25, -0.2) is 0 Å². The van der Waals surface area contributed by atoms with Crippen LogP contribution in [0.5, 0.6) is 0 Å². The summed E-state index contributed by atoms with van der Waals surface area (Å²) in [5.41, 5.74) is 0.277. The second kappa shape index (κ2) is 5.81. The quantitative estimate of drug-likeness (QED) is 0.776. The molecule has 0 aromatic carbocycles. The lowest BCUT2D eigenvalue weighted by atomic mass is 9.42. The van der Waals surface area contributed by atoms with Crippen molar-refractivity contribution in [1.82, 2.24) is 0 Å². The second-order valence-corrected chi connectivity index (χ2v) is 10.1. The summed E-state index contributed by atoms with van der Waals surface area (Å²) in [5, 5.41) is 19.8. The smallest absolute Gasteiger partial charge is 0.153 e. The minimum atomic E-state index is -0.401. The zero-order chi connectivity index (χ0) is 18.0. The van der Waals surface area contributed by atoms with Gasteiger partial charge in [0, 0.05) is 12.5 Å². The first-order chi connectivity index (χ1) is 11.9. The Labute approximate surface area is 152 Å². The van der Waals surface area contributed by atoms with E-state index >= 15 is 0 Å². The monoisotopic (exact) mass is 343 g/mol. The van der Waals surface area contributed by atoms with Gasteiger partial charge in [-0.3, -0.25) is 4.79 Å². The topological polar surface area (TPSA) is 61.1 Å². The van der Waals surface area contributed by atoms with Gasteiger partial charge >= 0.3 is 0 Å². The molecule has 0 heterocycles. The predicted molar refractivity (Wildman–Crippen MR) is 96.3 cm³/mol. The summed E-state index contributed by atoms with van der Waals surface area (Å²) in [6.45, 7) is 7.16. The lowest BCUT2D eigenvalue weighted by molar-refractivity contribution is -0.159. The molecule has 0 aliphatic heterocycles. The van der Waals surface area contributed by atoms with Crippen LogP contribution < -0.4 is 0 Å². The predicted octanol–water partition coefficient (Wildman–Crippen LogP) is 4.20. The number of hydrogen-bond acceptors (Lipinski definition) is 3. The maximum absolute atomic E-state index is 12.6. The van der Waals surface area contributed by atoms with Gasteiger partial charge in [0.15, 0.2) is 5.78 Å². The molecular weight excluding hydrogens is 310 g/mol. The van der Waals surface area contributed by atoms with Crippen molar-refractivity contribution in [1.29, 1.82) is 5.26 Å². The van der Waals surface area contributed by atoms with Gasteiger partial charge in [0.1, 0.15) is 5.92 Å². The van der Waals surface area contributed by atoms with Crippen LogP contribution in [0.4, 0.5) is 0 Å². The number of hydrogen-bond donors (Lipinski definition) is 1. The molecule has 0 radical (unpaired) electrons. The fourth-order valence-electron chi connectivity index (χ4n) is 8.20. The molecule has 0 spiro atoms. The zero-order valence-corrected chi connectivity index (χ0v) is 16.0. The maximum atomic E-state index is 12.6. The molecule has 0 saturated heterocycles. The molecule has 0 aromatic heterocycles. The highest BCUT2D eigenvalue weighted by Gasteiger charge is 2.62. The third kappa shape index (κ3) is 2.16. The molecule has 25 heavy (non-hydrogen) atoms. The third-order valence-corrected chi connectivity index (χ3v) is 9.58. The first-order valence-electron chi connectivity index (χ1n) is 10.4. The average molecular weight is 344 g/mol. The van der Waals surface area contributed by atoms with E-state index in [2.05, 4.69) is 26.8 Å². The molecule has 1 N–H and O–H groups in total. The summed E-state index contributed by atoms with van der Waals surface area (Å²) >= 11 is 0. The summed E-state index contributed by atoms with van der Waals surface area (Å²) in [6, 6.07) is 2.32. The number of nitriles is 1. The van der Waals surface area contributed by atoms with E-state index in [1.807, 2.05) is 0 Å². The van der Waals surface area contributed by atoms with Crippen LogP contribution in [0.25, 0.3) is 0 Å². The Morgan fingerprint density at radius 2 is 1.84 bits per heavy atom. The molecule has 4 fully saturated rings. The van der Waals surface area contributed by atoms with Gasteiger partial charge < -0.3 is 5.11 Å². The molecule has 138 valence electrons. The fourth-order valence-corrected chi connectivity index (χ4v) is 8.20. The number of aliphatic hydroxyl groups excluding tert-OH is 1. The number of nitrogens with zero attached hydrogens (tertiary/aromatic N) is 1. The van der Waals surface area contributed by atoms with Gasteiger partial charge in [0.2, 0.25) is 0 Å². The van der Waals surface area contributed by atoms with E-state index in [0.29, 0.717) is 36.2 Å². The van der Waals surface area contributed by atoms with Gasteiger partial charge in [-0.2, -0.15) is 5.26 Å². The molecule has 4 saturated carbocycles. The van der Waals surface area contributed by atoms with Crippen molar-refractivity contribution in [3.63, 3.8) is 0 Å². The molecule has 0 bridgehead atoms. The van der Waals surface area contributed by atoms with E-state index in [1.165, 1.54) is 25.7 Å². The number of fused-ring (bicyclic) bond motifs is 5. The molecule has 4 unspecified atom stereocenters. The van der Waals surface area contributed by atoms with E-state index in [9.17, 15) is 15.2 Å². The van der Waals surface area contributed by atoms with E-state index in [0.717, 1.165) is 19.3 Å². The average Bonchev–Trinajstić information content (AvgIpc) is 2.95. The molecule has 3 heteroatoms. The van der Waals surface area contributed by atoms with E-state index in [4.69, 9.17) is 0 Å². The highest BCUT2D eigenvalue weighted by atomic mass is 16.3. The molecule has 0 aromatic rings. The Bertz CT molecular complexity index is 610. The van der Waals surface area contributed by atoms with Crippen LogP contribution in [0.2, 0.25) is 0 Å². The molecule has 0 amide bonds. The first kappa shape index (κ1) is 17.5. The van der Waals surface area contributed by atoms with Crippen molar-refractivity contribution >= 4 is 5.78 Å². The molecule has 4 aliphatic rings. The molecule has 4 aliphatic carbocycles. The zero-order valence-electron chi connectivity index (χ0n) is 16.0. The number of Topliss-reactive ketones (excluding diaryl/α,β-unsaturated/α-hetero) is 1. The van der Waals surface area contributed by atoms with E-state index < -0.39 is 5.92 Å². The Kier molecular flexibility index (Phi) is 4.07. The van der Waals surface area contributed by atoms with Gasteiger partial charge in [0.05, 0.1) is 6.07 Å². The number of carbonyl (C=O) groups is 1. The lowest BCUT2D eigenvalue weighted by Gasteiger charge is -2.62. The van der Waals surface area contributed by atoms with Crippen molar-refractivity contribution in [2.45, 2.75) is 65.7 Å². The van der Waals surface area contributed by atoms with Gasteiger partial charge in [-0.1, -0.05) is 20.8 Å². The second-order valence-electron chi connectivity index (χ2n) is 10.1. The minimum Gasteiger partial charge on any atom is -0.396 e. The van der Waals surface area contributed by atoms with Crippen molar-refractivity contribution in [2.24, 2.45) is 52.3 Å². The Hall–Kier alpha value is -0.880. The fraction of sp³-hybridized carbons (Fsp3) is 0.909. The number of carbonyl (C=O) groups excluding carboxylic acids is 1. The summed E-state index contributed by atoms with van der Waals surface area (Å²) in [5.74, 6) is 2.88. The highest BCUT2D eigenvalue weighted by molar-refractivity contribution is 5.86. The van der Waals surface area contributed by atoms with Crippen molar-refractivity contribution in [3.8, 4) is 6.07 Å². The van der Waals surface area contributed by atoms with Gasteiger partial charge in [-0.15, -0.1) is 0 Å². The summed E-state index contributed by atoms with van der Waals surface area (Å²) < 4.78 is 0. The maximum Gasteiger partial charge on any atom is 0.153 e. The molecule has 4 rings (SSSR count). The normalized spacial score (nSPS) is 55.0. The van der Waals surface area contributed by atoms with Crippen molar-refractivity contribution in [3.05, 3.63) is 0 Å².